The Morgan fingerprint density at radius 3 is 0.886 bits per heavy atom. The van der Waals surface area contributed by atoms with Crippen molar-refractivity contribution in [2.75, 3.05) is 26.4 Å². The van der Waals surface area contributed by atoms with Gasteiger partial charge in [-0.15, -0.1) is 0 Å². The van der Waals surface area contributed by atoms with Gasteiger partial charge in [0.05, 0.1) is 31.0 Å². The van der Waals surface area contributed by atoms with Crippen LogP contribution in [0.15, 0.2) is 12.2 Å². The van der Waals surface area contributed by atoms with Crippen molar-refractivity contribution in [3.63, 3.8) is 0 Å². The van der Waals surface area contributed by atoms with Crippen molar-refractivity contribution in [1.29, 1.82) is 0 Å². The number of aliphatic hydroxyl groups excluding tert-OH is 2. The van der Waals surface area contributed by atoms with Gasteiger partial charge in [-0.05, 0) is 32.1 Å². The summed E-state index contributed by atoms with van der Waals surface area (Å²) in [6, 6.07) is 0. The third-order valence-electron chi connectivity index (χ3n) is 15.8. The number of esters is 2. The zero-order chi connectivity index (χ0) is 50.4. The minimum atomic E-state index is -1.12. The van der Waals surface area contributed by atoms with Crippen LogP contribution in [0.4, 0.5) is 0 Å². The Labute approximate surface area is 436 Å². The van der Waals surface area contributed by atoms with Crippen molar-refractivity contribution in [3.05, 3.63) is 12.2 Å². The van der Waals surface area contributed by atoms with Crippen molar-refractivity contribution in [2.24, 2.45) is 11.3 Å². The van der Waals surface area contributed by atoms with E-state index in [1.807, 2.05) is 0 Å². The van der Waals surface area contributed by atoms with Gasteiger partial charge in [0.2, 0.25) is 0 Å². The molecule has 2 N–H and O–H groups in total. The van der Waals surface area contributed by atoms with E-state index < -0.39 is 36.5 Å². The number of cyclic esters (lactones) is 2. The molecule has 1 atom stereocenters. The first-order valence-electron chi connectivity index (χ1n) is 31.8. The highest BCUT2D eigenvalue weighted by molar-refractivity contribution is 5.80. The molecule has 1 unspecified atom stereocenters. The highest BCUT2D eigenvalue weighted by atomic mass is 16.6. The lowest BCUT2D eigenvalue weighted by Crippen LogP contribution is -2.40. The van der Waals surface area contributed by atoms with E-state index in [9.17, 15) is 19.8 Å². The molecule has 0 aromatic heterocycles. The highest BCUT2D eigenvalue weighted by Gasteiger charge is 2.36. The second kappa shape index (κ2) is 53.9. The molecule has 70 heavy (non-hydrogen) atoms. The van der Waals surface area contributed by atoms with E-state index in [4.69, 9.17) is 9.47 Å². The number of rotatable bonds is 55. The normalized spacial score (nSPS) is 15.3. The molecule has 0 aliphatic carbocycles. The van der Waals surface area contributed by atoms with Crippen LogP contribution in [0.1, 0.15) is 347 Å². The number of hydrogen-bond donors (Lipinski definition) is 2. The molecular formula is C64H122O6. The van der Waals surface area contributed by atoms with Crippen molar-refractivity contribution in [1.82, 2.24) is 0 Å². The van der Waals surface area contributed by atoms with Crippen LogP contribution >= 0.6 is 0 Å². The molecule has 1 saturated heterocycles. The molecule has 0 radical (unpaired) electrons. The first kappa shape index (κ1) is 66.6. The largest absolute Gasteiger partial charge is 0.465 e. The summed E-state index contributed by atoms with van der Waals surface area (Å²) in [6.45, 7) is 1.21. The highest BCUT2D eigenvalue weighted by Crippen LogP contribution is 2.25. The number of carbonyl (C=O) groups is 2. The van der Waals surface area contributed by atoms with Gasteiger partial charge in [0, 0.05) is 0 Å². The van der Waals surface area contributed by atoms with Gasteiger partial charge in [-0.1, -0.05) is 321 Å². The molecule has 1 heterocycles. The summed E-state index contributed by atoms with van der Waals surface area (Å²) in [7, 11) is 0. The van der Waals surface area contributed by atoms with Crippen molar-refractivity contribution >= 4 is 11.9 Å². The van der Waals surface area contributed by atoms with Crippen LogP contribution in [-0.2, 0) is 19.1 Å². The summed E-state index contributed by atoms with van der Waals surface area (Å²) in [5, 5.41) is 19.2. The fourth-order valence-corrected chi connectivity index (χ4v) is 10.6. The van der Waals surface area contributed by atoms with Crippen LogP contribution in [0.5, 0.6) is 0 Å². The Hall–Kier alpha value is -1.40. The second-order valence-corrected chi connectivity index (χ2v) is 22.8. The summed E-state index contributed by atoms with van der Waals surface area (Å²) in [4.78, 5) is 24.7. The van der Waals surface area contributed by atoms with E-state index in [1.54, 1.807) is 0 Å². The average molecular weight is 988 g/mol. The van der Waals surface area contributed by atoms with Crippen molar-refractivity contribution < 1.29 is 29.3 Å². The third kappa shape index (κ3) is 45.2. The Balaban J connectivity index is 1.68. The number of carbonyl (C=O) groups excluding carboxylic acids is 2. The molecule has 1 aliphatic rings. The number of unbranched alkanes of at least 4 members (excludes halogenated alkanes) is 49. The molecule has 0 amide bonds. The van der Waals surface area contributed by atoms with Crippen LogP contribution in [0.2, 0.25) is 0 Å². The molecule has 6 heteroatoms. The zero-order valence-electron chi connectivity index (χ0n) is 47.1. The fourth-order valence-electron chi connectivity index (χ4n) is 10.6. The summed E-state index contributed by atoms with van der Waals surface area (Å²) >= 11 is 0. The lowest BCUT2D eigenvalue weighted by molar-refractivity contribution is -0.155. The Bertz CT molecular complexity index is 1100. The van der Waals surface area contributed by atoms with Gasteiger partial charge in [0.15, 0.2) is 0 Å². The maximum atomic E-state index is 12.5. The number of aliphatic hydroxyl groups is 2. The quantitative estimate of drug-likeness (QED) is 0.0358. The van der Waals surface area contributed by atoms with Gasteiger partial charge in [0.25, 0.3) is 0 Å². The maximum Gasteiger partial charge on any atom is 0.309 e. The van der Waals surface area contributed by atoms with E-state index in [1.165, 1.54) is 308 Å². The topological polar surface area (TPSA) is 93.1 Å². The molecule has 1 fully saturated rings. The summed E-state index contributed by atoms with van der Waals surface area (Å²) in [5.41, 5.74) is -1.12. The lowest BCUT2D eigenvalue weighted by Gasteiger charge is -2.27. The van der Waals surface area contributed by atoms with Crippen LogP contribution in [0.3, 0.4) is 0 Å². The van der Waals surface area contributed by atoms with Gasteiger partial charge >= 0.3 is 11.9 Å². The first-order chi connectivity index (χ1) is 34.6. The molecule has 1 rings (SSSR count). The van der Waals surface area contributed by atoms with E-state index >= 15 is 0 Å². The van der Waals surface area contributed by atoms with Crippen LogP contribution in [0.25, 0.3) is 0 Å². The lowest BCUT2D eigenvalue weighted by atomic mass is 9.92. The van der Waals surface area contributed by atoms with E-state index in [0.29, 0.717) is 6.42 Å². The maximum absolute atomic E-state index is 12.5. The average Bonchev–Trinajstić information content (AvgIpc) is 3.43. The smallest absolute Gasteiger partial charge is 0.309 e. The fraction of sp³-hybridized carbons (Fsp3) is 0.938. The van der Waals surface area contributed by atoms with Gasteiger partial charge in [-0.3, -0.25) is 9.59 Å². The molecule has 414 valence electrons. The van der Waals surface area contributed by atoms with Gasteiger partial charge < -0.3 is 19.7 Å². The molecular weight excluding hydrogens is 865 g/mol. The summed E-state index contributed by atoms with van der Waals surface area (Å²) in [6.07, 6.45) is 77.2. The predicted octanol–water partition coefficient (Wildman–Crippen LogP) is 19.9. The Morgan fingerprint density at radius 2 is 0.614 bits per heavy atom. The van der Waals surface area contributed by atoms with Crippen molar-refractivity contribution in [2.45, 2.75) is 347 Å². The van der Waals surface area contributed by atoms with Crippen LogP contribution < -0.4 is 0 Å². The number of hydrogen-bond acceptors (Lipinski definition) is 6. The van der Waals surface area contributed by atoms with Gasteiger partial charge in [-0.2, -0.15) is 0 Å². The molecule has 0 aromatic carbocycles. The minimum Gasteiger partial charge on any atom is -0.465 e. The third-order valence-corrected chi connectivity index (χ3v) is 15.8. The summed E-state index contributed by atoms with van der Waals surface area (Å²) < 4.78 is 10.6. The molecule has 0 bridgehead atoms. The van der Waals surface area contributed by atoms with E-state index in [0.717, 1.165) is 19.3 Å². The van der Waals surface area contributed by atoms with Crippen LogP contribution in [-0.4, -0.2) is 48.6 Å². The number of ether oxygens (including phenoxy) is 2. The molecule has 0 spiro atoms. The Morgan fingerprint density at radius 1 is 0.371 bits per heavy atom. The van der Waals surface area contributed by atoms with Gasteiger partial charge in [-0.25, -0.2) is 0 Å². The standard InChI is InChI=1S/C64H122O6/c1-2-3-4-5-6-7-8-9-10-11-12-13-14-15-16-17-18-19-20-21-22-23-24-25-26-27-28-29-30-31-32-33-34-35-36-37-38-39-40-41-42-43-44-45-46-47-48-49-50-51-52-53-54-55-61-56-62(67)69-59-64(57-65,58-66)60-70-63(61)68/h17-18,61,65-66H,2-16,19-60H2,1H3/b18-17+. The van der Waals surface area contributed by atoms with E-state index in [2.05, 4.69) is 19.1 Å². The second-order valence-electron chi connectivity index (χ2n) is 22.8. The van der Waals surface area contributed by atoms with E-state index in [-0.39, 0.29) is 19.6 Å². The molecule has 0 aromatic rings. The molecule has 0 saturated carbocycles. The minimum absolute atomic E-state index is 0.00496. The molecule has 1 aliphatic heterocycles. The summed E-state index contributed by atoms with van der Waals surface area (Å²) in [5.74, 6) is -1.40. The SMILES string of the molecule is CCCCCCCCCCCCCCCC/C=C/CCCCCCCCCCCCCCCCCCCCCCCCCCCCCCCCCCCCCC1CC(=O)OCC(CO)(CO)COC1=O. The van der Waals surface area contributed by atoms with Crippen molar-refractivity contribution in [3.8, 4) is 0 Å². The molecule has 6 nitrogen and oxygen atoms in total. The zero-order valence-corrected chi connectivity index (χ0v) is 47.1. The predicted molar refractivity (Wildman–Crippen MR) is 302 cm³/mol. The monoisotopic (exact) mass is 987 g/mol. The van der Waals surface area contributed by atoms with Gasteiger partial charge in [0.1, 0.15) is 13.2 Å². The Kier molecular flexibility index (Phi) is 51.3. The number of allylic oxidation sites excluding steroid dienone is 2. The first-order valence-corrected chi connectivity index (χ1v) is 31.8. The van der Waals surface area contributed by atoms with Crippen LogP contribution in [0, 0.1) is 11.3 Å².